The van der Waals surface area contributed by atoms with Crippen LogP contribution in [0.4, 0.5) is 0 Å². The maximum atomic E-state index is 12.2. The Balaban J connectivity index is 2.24. The SMILES string of the molecule is COc1ccc(O)c(C(=O)N2CCNC(=O)C2)c1. The summed E-state index contributed by atoms with van der Waals surface area (Å²) in [6.45, 7) is 0.867. The normalized spacial score (nSPS) is 15.2. The Hall–Kier alpha value is -2.24. The van der Waals surface area contributed by atoms with Crippen LogP contribution in [0.15, 0.2) is 18.2 Å². The first-order valence-electron chi connectivity index (χ1n) is 5.55. The van der Waals surface area contributed by atoms with Crippen LogP contribution in [0.2, 0.25) is 0 Å². The third-order valence-electron chi connectivity index (χ3n) is 2.76. The molecule has 2 N–H and O–H groups in total. The van der Waals surface area contributed by atoms with Gasteiger partial charge < -0.3 is 20.1 Å². The van der Waals surface area contributed by atoms with Gasteiger partial charge in [0.05, 0.1) is 19.2 Å². The number of nitrogens with one attached hydrogen (secondary N) is 1. The van der Waals surface area contributed by atoms with E-state index in [-0.39, 0.29) is 29.7 Å². The van der Waals surface area contributed by atoms with Gasteiger partial charge in [0, 0.05) is 13.1 Å². The van der Waals surface area contributed by atoms with Crippen LogP contribution in [0.25, 0.3) is 0 Å². The predicted molar refractivity (Wildman–Crippen MR) is 63.6 cm³/mol. The predicted octanol–water partition coefficient (Wildman–Crippen LogP) is -0.0272. The van der Waals surface area contributed by atoms with E-state index in [1.165, 1.54) is 24.1 Å². The highest BCUT2D eigenvalue weighted by Crippen LogP contribution is 2.24. The lowest BCUT2D eigenvalue weighted by Gasteiger charge is -2.27. The molecule has 18 heavy (non-hydrogen) atoms. The number of phenols is 1. The van der Waals surface area contributed by atoms with Gasteiger partial charge in [-0.25, -0.2) is 0 Å². The molecule has 2 amide bonds. The fourth-order valence-electron chi connectivity index (χ4n) is 1.80. The number of nitrogens with zero attached hydrogens (tertiary/aromatic N) is 1. The van der Waals surface area contributed by atoms with Crippen molar-refractivity contribution in [1.82, 2.24) is 10.2 Å². The summed E-state index contributed by atoms with van der Waals surface area (Å²) in [7, 11) is 1.48. The number of methoxy groups -OCH3 is 1. The summed E-state index contributed by atoms with van der Waals surface area (Å²) in [6, 6.07) is 4.43. The number of amides is 2. The van der Waals surface area contributed by atoms with E-state index in [1.54, 1.807) is 6.07 Å². The van der Waals surface area contributed by atoms with Crippen molar-refractivity contribution in [3.63, 3.8) is 0 Å². The molecule has 0 radical (unpaired) electrons. The highest BCUT2D eigenvalue weighted by molar-refractivity contribution is 5.99. The third-order valence-corrected chi connectivity index (χ3v) is 2.76. The Bertz CT molecular complexity index is 487. The van der Waals surface area contributed by atoms with E-state index in [0.29, 0.717) is 18.8 Å². The summed E-state index contributed by atoms with van der Waals surface area (Å²) in [6.07, 6.45) is 0. The highest BCUT2D eigenvalue weighted by Gasteiger charge is 2.24. The van der Waals surface area contributed by atoms with Crippen LogP contribution in [0.3, 0.4) is 0 Å². The molecule has 1 aliphatic heterocycles. The maximum absolute atomic E-state index is 12.2. The number of piperazine rings is 1. The smallest absolute Gasteiger partial charge is 0.258 e. The zero-order valence-electron chi connectivity index (χ0n) is 9.97. The summed E-state index contributed by atoms with van der Waals surface area (Å²) in [5.74, 6) is -0.206. The largest absolute Gasteiger partial charge is 0.507 e. The lowest BCUT2D eigenvalue weighted by atomic mass is 10.1. The highest BCUT2D eigenvalue weighted by atomic mass is 16.5. The van der Waals surface area contributed by atoms with E-state index >= 15 is 0 Å². The summed E-state index contributed by atoms with van der Waals surface area (Å²) >= 11 is 0. The zero-order valence-corrected chi connectivity index (χ0v) is 9.97. The minimum Gasteiger partial charge on any atom is -0.507 e. The van der Waals surface area contributed by atoms with Crippen molar-refractivity contribution in [2.75, 3.05) is 26.7 Å². The lowest BCUT2D eigenvalue weighted by Crippen LogP contribution is -2.49. The van der Waals surface area contributed by atoms with Crippen LogP contribution in [-0.4, -0.2) is 48.6 Å². The average molecular weight is 250 g/mol. The van der Waals surface area contributed by atoms with Gasteiger partial charge in [0.25, 0.3) is 5.91 Å². The number of aromatic hydroxyl groups is 1. The number of ether oxygens (including phenoxy) is 1. The van der Waals surface area contributed by atoms with Crippen LogP contribution in [-0.2, 0) is 4.79 Å². The lowest BCUT2D eigenvalue weighted by molar-refractivity contribution is -0.123. The quantitative estimate of drug-likeness (QED) is 0.772. The minimum atomic E-state index is -0.374. The van der Waals surface area contributed by atoms with Gasteiger partial charge in [0.15, 0.2) is 0 Å². The molecule has 0 aromatic heterocycles. The minimum absolute atomic E-state index is 0.00941. The van der Waals surface area contributed by atoms with Gasteiger partial charge in [0.2, 0.25) is 5.91 Å². The molecule has 6 heteroatoms. The number of phenolic OH excluding ortho intramolecular Hbond substituents is 1. The van der Waals surface area contributed by atoms with Crippen molar-refractivity contribution >= 4 is 11.8 Å². The average Bonchev–Trinajstić information content (AvgIpc) is 2.38. The molecule has 0 atom stereocenters. The van der Waals surface area contributed by atoms with E-state index in [2.05, 4.69) is 5.32 Å². The molecule has 0 spiro atoms. The Kier molecular flexibility index (Phi) is 3.36. The maximum Gasteiger partial charge on any atom is 0.258 e. The molecule has 0 aliphatic carbocycles. The molecule has 0 saturated carbocycles. The molecule has 0 unspecified atom stereocenters. The fourth-order valence-corrected chi connectivity index (χ4v) is 1.80. The molecular weight excluding hydrogens is 236 g/mol. The number of benzene rings is 1. The second-order valence-corrected chi connectivity index (χ2v) is 3.96. The molecule has 1 aromatic rings. The van der Waals surface area contributed by atoms with Crippen LogP contribution in [0.5, 0.6) is 11.5 Å². The van der Waals surface area contributed by atoms with Gasteiger partial charge in [0.1, 0.15) is 11.5 Å². The number of carbonyl (C=O) groups is 2. The van der Waals surface area contributed by atoms with Gasteiger partial charge in [-0.3, -0.25) is 9.59 Å². The van der Waals surface area contributed by atoms with E-state index in [1.807, 2.05) is 0 Å². The number of rotatable bonds is 2. The number of carbonyl (C=O) groups excluding carboxylic acids is 2. The van der Waals surface area contributed by atoms with Crippen molar-refractivity contribution in [2.45, 2.75) is 0 Å². The van der Waals surface area contributed by atoms with E-state index in [0.717, 1.165) is 0 Å². The van der Waals surface area contributed by atoms with Gasteiger partial charge in [-0.15, -0.1) is 0 Å². The molecule has 1 aromatic carbocycles. The monoisotopic (exact) mass is 250 g/mol. The van der Waals surface area contributed by atoms with Gasteiger partial charge in [-0.1, -0.05) is 0 Å². The Morgan fingerprint density at radius 3 is 2.94 bits per heavy atom. The van der Waals surface area contributed by atoms with Crippen LogP contribution >= 0.6 is 0 Å². The second-order valence-electron chi connectivity index (χ2n) is 3.96. The summed E-state index contributed by atoms with van der Waals surface area (Å²) in [5, 5.41) is 12.3. The molecule has 1 fully saturated rings. The topological polar surface area (TPSA) is 78.9 Å². The third kappa shape index (κ3) is 2.37. The Morgan fingerprint density at radius 1 is 1.50 bits per heavy atom. The molecule has 1 heterocycles. The molecule has 2 rings (SSSR count). The Morgan fingerprint density at radius 2 is 2.28 bits per heavy atom. The first kappa shape index (κ1) is 12.2. The molecule has 96 valence electrons. The van der Waals surface area contributed by atoms with Crippen LogP contribution in [0, 0.1) is 0 Å². The molecule has 6 nitrogen and oxygen atoms in total. The van der Waals surface area contributed by atoms with Gasteiger partial charge in [-0.2, -0.15) is 0 Å². The van der Waals surface area contributed by atoms with Crippen molar-refractivity contribution in [3.8, 4) is 11.5 Å². The number of hydrogen-bond acceptors (Lipinski definition) is 4. The fraction of sp³-hybridized carbons (Fsp3) is 0.333. The molecule has 1 aliphatic rings. The molecule has 0 bridgehead atoms. The first-order chi connectivity index (χ1) is 8.61. The van der Waals surface area contributed by atoms with Crippen molar-refractivity contribution in [2.24, 2.45) is 0 Å². The van der Waals surface area contributed by atoms with Crippen molar-refractivity contribution in [3.05, 3.63) is 23.8 Å². The summed E-state index contributed by atoms with van der Waals surface area (Å²) in [4.78, 5) is 24.8. The van der Waals surface area contributed by atoms with E-state index < -0.39 is 0 Å². The molecule has 1 saturated heterocycles. The first-order valence-corrected chi connectivity index (χ1v) is 5.55. The van der Waals surface area contributed by atoms with Gasteiger partial charge >= 0.3 is 0 Å². The van der Waals surface area contributed by atoms with E-state index in [9.17, 15) is 14.7 Å². The van der Waals surface area contributed by atoms with Crippen LogP contribution in [0.1, 0.15) is 10.4 Å². The van der Waals surface area contributed by atoms with E-state index in [4.69, 9.17) is 4.74 Å². The number of hydrogen-bond donors (Lipinski definition) is 2. The molecular formula is C12H14N2O4. The summed E-state index contributed by atoms with van der Waals surface area (Å²) < 4.78 is 5.01. The Labute approximate surface area is 104 Å². The van der Waals surface area contributed by atoms with Crippen LogP contribution < -0.4 is 10.1 Å². The van der Waals surface area contributed by atoms with Crippen molar-refractivity contribution in [1.29, 1.82) is 0 Å². The standard InChI is InChI=1S/C12H14N2O4/c1-18-8-2-3-10(15)9(6-8)12(17)14-5-4-13-11(16)7-14/h2-3,6,15H,4-5,7H2,1H3,(H,13,16). The van der Waals surface area contributed by atoms with Gasteiger partial charge in [-0.05, 0) is 18.2 Å². The summed E-state index contributed by atoms with van der Waals surface area (Å²) in [5.41, 5.74) is 0.143. The van der Waals surface area contributed by atoms with Crippen molar-refractivity contribution < 1.29 is 19.4 Å². The second kappa shape index (κ2) is 4.95. The zero-order chi connectivity index (χ0) is 13.1.